The maximum Gasteiger partial charge on any atom is 0.128 e. The minimum absolute atomic E-state index is 0.351. The van der Waals surface area contributed by atoms with Crippen LogP contribution in [0.15, 0.2) is 36.5 Å². The Morgan fingerprint density at radius 2 is 1.94 bits per heavy atom. The molecule has 2 rings (SSSR count). The Morgan fingerprint density at radius 1 is 1.24 bits per heavy atom. The van der Waals surface area contributed by atoms with E-state index in [4.69, 9.17) is 23.1 Å². The molecule has 1 aromatic carbocycles. The second-order valence-corrected chi connectivity index (χ2v) is 4.39. The molecule has 0 aliphatic heterocycles. The van der Waals surface area contributed by atoms with Gasteiger partial charge in [0.25, 0.3) is 0 Å². The molecule has 0 aliphatic carbocycles. The maximum atomic E-state index is 6.18. The largest absolute Gasteiger partial charge is 0.383 e. The predicted molar refractivity (Wildman–Crippen MR) is 70.9 cm³/mol. The van der Waals surface area contributed by atoms with Gasteiger partial charge >= 0.3 is 0 Å². The molecule has 0 saturated heterocycles. The Bertz CT molecular complexity index is 540. The van der Waals surface area contributed by atoms with Crippen molar-refractivity contribution in [1.29, 1.82) is 0 Å². The first-order chi connectivity index (χ1) is 8.09. The van der Waals surface area contributed by atoms with Crippen molar-refractivity contribution in [3.8, 4) is 0 Å². The summed E-state index contributed by atoms with van der Waals surface area (Å²) < 4.78 is 0. The van der Waals surface area contributed by atoms with Gasteiger partial charge in [-0.1, -0.05) is 29.8 Å². The van der Waals surface area contributed by atoms with Crippen LogP contribution in [-0.4, -0.2) is 4.98 Å². The predicted octanol–water partition coefficient (Wildman–Crippen LogP) is 2.67. The lowest BCUT2D eigenvalue weighted by Gasteiger charge is -2.16. The molecule has 0 bridgehead atoms. The molecular weight excluding hydrogens is 234 g/mol. The average molecular weight is 248 g/mol. The van der Waals surface area contributed by atoms with E-state index in [2.05, 4.69) is 4.98 Å². The number of benzene rings is 1. The Kier molecular flexibility index (Phi) is 3.31. The number of aromatic nitrogens is 1. The molecule has 1 heterocycles. The molecule has 4 heteroatoms. The van der Waals surface area contributed by atoms with Crippen LogP contribution in [0.5, 0.6) is 0 Å². The summed E-state index contributed by atoms with van der Waals surface area (Å²) in [7, 11) is 0. The first-order valence-electron chi connectivity index (χ1n) is 5.31. The van der Waals surface area contributed by atoms with Crippen molar-refractivity contribution in [2.24, 2.45) is 5.73 Å². The van der Waals surface area contributed by atoms with Crippen LogP contribution in [0.3, 0.4) is 0 Å². The minimum atomic E-state index is -0.351. The fourth-order valence-corrected chi connectivity index (χ4v) is 2.00. The van der Waals surface area contributed by atoms with E-state index in [-0.39, 0.29) is 6.04 Å². The Morgan fingerprint density at radius 3 is 2.65 bits per heavy atom. The fourth-order valence-electron chi connectivity index (χ4n) is 1.75. The third-order valence-corrected chi connectivity index (χ3v) is 3.01. The van der Waals surface area contributed by atoms with E-state index in [0.29, 0.717) is 10.8 Å². The normalized spacial score (nSPS) is 12.4. The van der Waals surface area contributed by atoms with Crippen LogP contribution in [0.2, 0.25) is 5.02 Å². The second-order valence-electron chi connectivity index (χ2n) is 3.99. The van der Waals surface area contributed by atoms with Gasteiger partial charge in [-0.3, -0.25) is 0 Å². The molecule has 3 nitrogen and oxygen atoms in total. The number of nitrogen functional groups attached to an aromatic ring is 1. The Balaban J connectivity index is 2.47. The van der Waals surface area contributed by atoms with Gasteiger partial charge in [0.15, 0.2) is 0 Å². The molecule has 0 radical (unpaired) electrons. The molecule has 88 valence electrons. The number of rotatable bonds is 2. The zero-order valence-electron chi connectivity index (χ0n) is 9.52. The van der Waals surface area contributed by atoms with Crippen LogP contribution in [-0.2, 0) is 0 Å². The van der Waals surface area contributed by atoms with E-state index in [1.54, 1.807) is 6.20 Å². The zero-order chi connectivity index (χ0) is 12.4. The lowest BCUT2D eigenvalue weighted by Crippen LogP contribution is -2.15. The third kappa shape index (κ3) is 2.40. The van der Waals surface area contributed by atoms with E-state index in [1.165, 1.54) is 0 Å². The van der Waals surface area contributed by atoms with Crippen molar-refractivity contribution < 1.29 is 0 Å². The third-order valence-electron chi connectivity index (χ3n) is 2.66. The SMILES string of the molecule is Cc1cnc(N)c(C(N)c2ccccc2Cl)c1. The van der Waals surface area contributed by atoms with Gasteiger partial charge in [0.1, 0.15) is 5.82 Å². The number of hydrogen-bond donors (Lipinski definition) is 2. The number of nitrogens with zero attached hydrogens (tertiary/aromatic N) is 1. The van der Waals surface area contributed by atoms with E-state index in [1.807, 2.05) is 37.3 Å². The van der Waals surface area contributed by atoms with Crippen molar-refractivity contribution in [2.45, 2.75) is 13.0 Å². The van der Waals surface area contributed by atoms with Crippen molar-refractivity contribution in [3.63, 3.8) is 0 Å². The highest BCUT2D eigenvalue weighted by Gasteiger charge is 2.15. The minimum Gasteiger partial charge on any atom is -0.383 e. The number of aryl methyl sites for hydroxylation is 1. The first-order valence-corrected chi connectivity index (χ1v) is 5.69. The van der Waals surface area contributed by atoms with Crippen LogP contribution in [0.4, 0.5) is 5.82 Å². The average Bonchev–Trinajstić information content (AvgIpc) is 2.32. The summed E-state index contributed by atoms with van der Waals surface area (Å²) in [6.07, 6.45) is 1.72. The molecule has 1 atom stereocenters. The van der Waals surface area contributed by atoms with Gasteiger partial charge in [-0.15, -0.1) is 0 Å². The van der Waals surface area contributed by atoms with Crippen molar-refractivity contribution >= 4 is 17.4 Å². The summed E-state index contributed by atoms with van der Waals surface area (Å²) in [6.45, 7) is 1.95. The van der Waals surface area contributed by atoms with Gasteiger partial charge in [-0.05, 0) is 30.2 Å². The van der Waals surface area contributed by atoms with Crippen LogP contribution >= 0.6 is 11.6 Å². The molecule has 17 heavy (non-hydrogen) atoms. The second kappa shape index (κ2) is 4.73. The van der Waals surface area contributed by atoms with E-state index < -0.39 is 0 Å². The highest BCUT2D eigenvalue weighted by molar-refractivity contribution is 6.31. The van der Waals surface area contributed by atoms with Crippen molar-refractivity contribution in [2.75, 3.05) is 5.73 Å². The van der Waals surface area contributed by atoms with Gasteiger partial charge in [0.2, 0.25) is 0 Å². The molecule has 0 fully saturated rings. The highest BCUT2D eigenvalue weighted by atomic mass is 35.5. The molecule has 0 saturated carbocycles. The van der Waals surface area contributed by atoms with Crippen LogP contribution in [0.1, 0.15) is 22.7 Å². The number of hydrogen-bond acceptors (Lipinski definition) is 3. The Labute approximate surface area is 105 Å². The fraction of sp³-hybridized carbons (Fsp3) is 0.154. The summed E-state index contributed by atoms with van der Waals surface area (Å²) in [5.74, 6) is 0.447. The number of anilines is 1. The first kappa shape index (κ1) is 11.9. The molecule has 0 amide bonds. The van der Waals surface area contributed by atoms with E-state index >= 15 is 0 Å². The van der Waals surface area contributed by atoms with E-state index in [0.717, 1.165) is 16.7 Å². The lowest BCUT2D eigenvalue weighted by atomic mass is 9.99. The highest BCUT2D eigenvalue weighted by Crippen LogP contribution is 2.28. The lowest BCUT2D eigenvalue weighted by molar-refractivity contribution is 0.865. The summed E-state index contributed by atoms with van der Waals surface area (Å²) in [5, 5.41) is 0.640. The standard InChI is InChI=1S/C13H14ClN3/c1-8-6-10(13(16)17-7-8)12(15)9-4-2-3-5-11(9)14/h2-7,12H,15H2,1H3,(H2,16,17). The maximum absolute atomic E-state index is 6.18. The molecule has 2 aromatic rings. The number of pyridine rings is 1. The number of halogens is 1. The number of nitrogens with two attached hydrogens (primary N) is 2. The molecule has 4 N–H and O–H groups in total. The van der Waals surface area contributed by atoms with Gasteiger partial charge in [0, 0.05) is 16.8 Å². The molecule has 0 aliphatic rings. The van der Waals surface area contributed by atoms with Crippen molar-refractivity contribution in [1.82, 2.24) is 4.98 Å². The monoisotopic (exact) mass is 247 g/mol. The smallest absolute Gasteiger partial charge is 0.128 e. The molecular formula is C13H14ClN3. The van der Waals surface area contributed by atoms with Crippen LogP contribution < -0.4 is 11.5 Å². The Hall–Kier alpha value is -1.58. The molecule has 1 aromatic heterocycles. The van der Waals surface area contributed by atoms with Crippen LogP contribution in [0.25, 0.3) is 0 Å². The zero-order valence-corrected chi connectivity index (χ0v) is 10.3. The summed E-state index contributed by atoms with van der Waals surface area (Å²) in [4.78, 5) is 4.11. The van der Waals surface area contributed by atoms with Crippen LogP contribution in [0, 0.1) is 6.92 Å². The van der Waals surface area contributed by atoms with Crippen molar-refractivity contribution in [3.05, 3.63) is 58.2 Å². The quantitative estimate of drug-likeness (QED) is 0.858. The van der Waals surface area contributed by atoms with Gasteiger partial charge < -0.3 is 11.5 Å². The van der Waals surface area contributed by atoms with Gasteiger partial charge in [0.05, 0.1) is 6.04 Å². The molecule has 0 spiro atoms. The summed E-state index contributed by atoms with van der Waals surface area (Å²) in [5.41, 5.74) is 14.7. The van der Waals surface area contributed by atoms with Gasteiger partial charge in [-0.2, -0.15) is 0 Å². The molecule has 1 unspecified atom stereocenters. The summed E-state index contributed by atoms with van der Waals surface area (Å²) >= 11 is 6.12. The van der Waals surface area contributed by atoms with Gasteiger partial charge in [-0.25, -0.2) is 4.98 Å². The topological polar surface area (TPSA) is 64.9 Å². The summed E-state index contributed by atoms with van der Waals surface area (Å²) in [6, 6.07) is 9.08. The van der Waals surface area contributed by atoms with E-state index in [9.17, 15) is 0 Å².